The van der Waals surface area contributed by atoms with Crippen molar-refractivity contribution in [3.63, 3.8) is 0 Å². The molecule has 0 atom stereocenters. The number of ether oxygens (including phenoxy) is 3. The van der Waals surface area contributed by atoms with Gasteiger partial charge in [0.2, 0.25) is 5.90 Å². The number of esters is 1. The second-order valence-electron chi connectivity index (χ2n) is 7.51. The SMILES string of the molecule is CCOc1cc(/C=C2\N=C(c3cccc([N+](=O)[O-])c3C)OC2=O)cc(Br)c1OCC(C)C. The van der Waals surface area contributed by atoms with Crippen molar-refractivity contribution in [2.45, 2.75) is 27.7 Å². The maximum absolute atomic E-state index is 12.4. The summed E-state index contributed by atoms with van der Waals surface area (Å²) < 4.78 is 17.6. The minimum absolute atomic E-state index is 0.0310. The number of nitro groups is 1. The molecule has 1 aliphatic heterocycles. The van der Waals surface area contributed by atoms with Crippen LogP contribution in [0.3, 0.4) is 0 Å². The molecule has 0 fully saturated rings. The first-order chi connectivity index (χ1) is 15.2. The van der Waals surface area contributed by atoms with Gasteiger partial charge in [0.1, 0.15) is 0 Å². The first kappa shape index (κ1) is 23.5. The minimum atomic E-state index is -0.639. The van der Waals surface area contributed by atoms with E-state index < -0.39 is 10.9 Å². The van der Waals surface area contributed by atoms with Gasteiger partial charge in [-0.3, -0.25) is 10.1 Å². The fourth-order valence-electron chi connectivity index (χ4n) is 3.06. The number of cyclic esters (lactones) is 1. The van der Waals surface area contributed by atoms with E-state index in [9.17, 15) is 14.9 Å². The van der Waals surface area contributed by atoms with Crippen LogP contribution in [-0.4, -0.2) is 30.0 Å². The lowest BCUT2D eigenvalue weighted by Crippen LogP contribution is -2.08. The number of halogens is 1. The monoisotopic (exact) mass is 502 g/mol. The van der Waals surface area contributed by atoms with Crippen LogP contribution in [0.4, 0.5) is 5.69 Å². The largest absolute Gasteiger partial charge is 0.490 e. The van der Waals surface area contributed by atoms with E-state index >= 15 is 0 Å². The number of nitrogens with zero attached hydrogens (tertiary/aromatic N) is 2. The number of carbonyl (C=O) groups excluding carboxylic acids is 1. The lowest BCUT2D eigenvalue weighted by Gasteiger charge is -2.16. The first-order valence-electron chi connectivity index (χ1n) is 10.1. The first-order valence-corrected chi connectivity index (χ1v) is 10.9. The van der Waals surface area contributed by atoms with Crippen LogP contribution in [0.1, 0.15) is 37.5 Å². The molecule has 1 heterocycles. The molecule has 1 aliphatic rings. The van der Waals surface area contributed by atoms with Gasteiger partial charge in [-0.15, -0.1) is 0 Å². The lowest BCUT2D eigenvalue weighted by molar-refractivity contribution is -0.385. The van der Waals surface area contributed by atoms with E-state index in [-0.39, 0.29) is 17.3 Å². The number of benzene rings is 2. The maximum Gasteiger partial charge on any atom is 0.363 e. The summed E-state index contributed by atoms with van der Waals surface area (Å²) >= 11 is 3.51. The molecule has 0 saturated heterocycles. The predicted molar refractivity (Wildman–Crippen MR) is 124 cm³/mol. The van der Waals surface area contributed by atoms with Crippen LogP contribution in [0.15, 0.2) is 45.5 Å². The third kappa shape index (κ3) is 5.16. The normalized spacial score (nSPS) is 14.5. The summed E-state index contributed by atoms with van der Waals surface area (Å²) in [5, 5.41) is 11.2. The summed E-state index contributed by atoms with van der Waals surface area (Å²) in [6.45, 7) is 8.54. The Kier molecular flexibility index (Phi) is 7.29. The molecule has 3 rings (SSSR count). The smallest absolute Gasteiger partial charge is 0.363 e. The van der Waals surface area contributed by atoms with Gasteiger partial charge in [-0.1, -0.05) is 19.9 Å². The maximum atomic E-state index is 12.4. The highest BCUT2D eigenvalue weighted by molar-refractivity contribution is 9.10. The van der Waals surface area contributed by atoms with Crippen molar-refractivity contribution in [1.82, 2.24) is 0 Å². The van der Waals surface area contributed by atoms with Crippen molar-refractivity contribution in [3.8, 4) is 11.5 Å². The predicted octanol–water partition coefficient (Wildman–Crippen LogP) is 5.44. The van der Waals surface area contributed by atoms with Gasteiger partial charge in [0.05, 0.1) is 22.6 Å². The Morgan fingerprint density at radius 3 is 2.69 bits per heavy atom. The third-order valence-electron chi connectivity index (χ3n) is 4.55. The Hall–Kier alpha value is -3.20. The van der Waals surface area contributed by atoms with E-state index in [4.69, 9.17) is 14.2 Å². The summed E-state index contributed by atoms with van der Waals surface area (Å²) in [5.41, 5.74) is 1.44. The molecule has 8 nitrogen and oxygen atoms in total. The number of aliphatic imine (C=N–C) groups is 1. The van der Waals surface area contributed by atoms with Gasteiger partial charge in [-0.2, -0.15) is 0 Å². The van der Waals surface area contributed by atoms with Gasteiger partial charge < -0.3 is 14.2 Å². The van der Waals surface area contributed by atoms with Crippen LogP contribution < -0.4 is 9.47 Å². The summed E-state index contributed by atoms with van der Waals surface area (Å²) in [6, 6.07) is 8.10. The molecule has 0 unspecified atom stereocenters. The second-order valence-corrected chi connectivity index (χ2v) is 8.37. The molecule has 2 aromatic carbocycles. The third-order valence-corrected chi connectivity index (χ3v) is 5.14. The fraction of sp³-hybridized carbons (Fsp3) is 0.304. The highest BCUT2D eigenvalue weighted by Crippen LogP contribution is 2.38. The minimum Gasteiger partial charge on any atom is -0.490 e. The lowest BCUT2D eigenvalue weighted by atomic mass is 10.1. The van der Waals surface area contributed by atoms with E-state index in [1.165, 1.54) is 12.1 Å². The topological polar surface area (TPSA) is 100 Å². The number of nitro benzene ring substituents is 1. The summed E-state index contributed by atoms with van der Waals surface area (Å²) in [5.74, 6) is 0.868. The van der Waals surface area contributed by atoms with E-state index in [1.54, 1.807) is 31.2 Å². The Morgan fingerprint density at radius 2 is 2.03 bits per heavy atom. The van der Waals surface area contributed by atoms with Gasteiger partial charge in [0.25, 0.3) is 5.69 Å². The van der Waals surface area contributed by atoms with Gasteiger partial charge >= 0.3 is 5.97 Å². The number of rotatable bonds is 8. The van der Waals surface area contributed by atoms with Crippen molar-refractivity contribution >= 4 is 39.6 Å². The number of hydrogen-bond acceptors (Lipinski definition) is 7. The van der Waals surface area contributed by atoms with Crippen molar-refractivity contribution in [1.29, 1.82) is 0 Å². The number of carbonyl (C=O) groups is 1. The molecule has 32 heavy (non-hydrogen) atoms. The Morgan fingerprint density at radius 1 is 1.28 bits per heavy atom. The fourth-order valence-corrected chi connectivity index (χ4v) is 3.63. The molecule has 0 N–H and O–H groups in total. The van der Waals surface area contributed by atoms with E-state index in [1.807, 2.05) is 6.92 Å². The van der Waals surface area contributed by atoms with Crippen LogP contribution in [0.2, 0.25) is 0 Å². The Bertz CT molecular complexity index is 1120. The van der Waals surface area contributed by atoms with Crippen molar-refractivity contribution < 1.29 is 23.9 Å². The second kappa shape index (κ2) is 9.95. The molecular formula is C23H23BrN2O6. The van der Waals surface area contributed by atoms with Gasteiger partial charge in [0, 0.05) is 17.2 Å². The average Bonchev–Trinajstić information content (AvgIpc) is 3.07. The molecule has 9 heteroatoms. The molecule has 168 valence electrons. The molecular weight excluding hydrogens is 480 g/mol. The summed E-state index contributed by atoms with van der Waals surface area (Å²) in [7, 11) is 0. The van der Waals surface area contributed by atoms with Crippen molar-refractivity contribution in [2.24, 2.45) is 10.9 Å². The van der Waals surface area contributed by atoms with E-state index in [0.717, 1.165) is 0 Å². The van der Waals surface area contributed by atoms with Crippen molar-refractivity contribution in [3.05, 3.63) is 67.3 Å². The quantitative estimate of drug-likeness (QED) is 0.206. The molecule has 2 aromatic rings. The van der Waals surface area contributed by atoms with Gasteiger partial charge in [-0.25, -0.2) is 9.79 Å². The van der Waals surface area contributed by atoms with Gasteiger partial charge in [-0.05, 0) is 65.5 Å². The summed E-state index contributed by atoms with van der Waals surface area (Å²) in [6.07, 6.45) is 1.57. The van der Waals surface area contributed by atoms with Crippen molar-refractivity contribution in [2.75, 3.05) is 13.2 Å². The zero-order valence-electron chi connectivity index (χ0n) is 18.2. The van der Waals surface area contributed by atoms with Crippen LogP contribution in [0, 0.1) is 23.0 Å². The van der Waals surface area contributed by atoms with Crippen LogP contribution in [0.25, 0.3) is 6.08 Å². The van der Waals surface area contributed by atoms with Crippen LogP contribution in [0.5, 0.6) is 11.5 Å². The zero-order chi connectivity index (χ0) is 23.4. The standard InChI is InChI=1S/C23H23BrN2O6/c1-5-30-20-11-15(9-17(24)21(20)31-12-13(2)3)10-18-23(27)32-22(25-18)16-7-6-8-19(14(16)4)26(28)29/h6-11,13H,5,12H2,1-4H3/b18-10-. The zero-order valence-corrected chi connectivity index (χ0v) is 19.8. The Labute approximate surface area is 194 Å². The number of hydrogen-bond donors (Lipinski definition) is 0. The molecule has 0 aromatic heterocycles. The molecule has 0 spiro atoms. The molecule has 0 saturated carbocycles. The molecule has 0 bridgehead atoms. The van der Waals surface area contributed by atoms with Crippen LogP contribution >= 0.6 is 15.9 Å². The van der Waals surface area contributed by atoms with E-state index in [0.29, 0.717) is 51.8 Å². The van der Waals surface area contributed by atoms with Gasteiger partial charge in [0.15, 0.2) is 17.2 Å². The average molecular weight is 503 g/mol. The molecule has 0 aliphatic carbocycles. The summed E-state index contributed by atoms with van der Waals surface area (Å²) in [4.78, 5) is 27.4. The molecule has 0 amide bonds. The highest BCUT2D eigenvalue weighted by atomic mass is 79.9. The highest BCUT2D eigenvalue weighted by Gasteiger charge is 2.27. The molecule has 0 radical (unpaired) electrons. The Balaban J connectivity index is 1.98. The van der Waals surface area contributed by atoms with E-state index in [2.05, 4.69) is 34.8 Å². The van der Waals surface area contributed by atoms with Crippen LogP contribution in [-0.2, 0) is 9.53 Å².